The van der Waals surface area contributed by atoms with Gasteiger partial charge in [0.05, 0.1) is 10.8 Å². The summed E-state index contributed by atoms with van der Waals surface area (Å²) in [6.07, 6.45) is 0.103. The molecule has 1 heterocycles. The maximum Gasteiger partial charge on any atom is 0.311 e. The Balaban J connectivity index is 1.40. The van der Waals surface area contributed by atoms with Crippen molar-refractivity contribution in [3.05, 3.63) is 82.4 Å². The normalized spacial score (nSPS) is 16.2. The first kappa shape index (κ1) is 18.6. The third-order valence-electron chi connectivity index (χ3n) is 5.03. The van der Waals surface area contributed by atoms with Crippen molar-refractivity contribution in [3.63, 3.8) is 0 Å². The van der Waals surface area contributed by atoms with E-state index in [4.69, 9.17) is 4.74 Å². The van der Waals surface area contributed by atoms with Gasteiger partial charge >= 0.3 is 5.97 Å². The van der Waals surface area contributed by atoms with E-state index in [1.807, 2.05) is 42.5 Å². The van der Waals surface area contributed by atoms with E-state index in [0.29, 0.717) is 5.56 Å². The zero-order valence-corrected chi connectivity index (χ0v) is 15.5. The molecule has 3 aromatic rings. The molecule has 0 aromatic heterocycles. The fourth-order valence-corrected chi connectivity index (χ4v) is 3.45. The van der Waals surface area contributed by atoms with Gasteiger partial charge in [-0.3, -0.25) is 19.7 Å². The number of fused-ring (bicyclic) bond motifs is 1. The number of anilines is 1. The van der Waals surface area contributed by atoms with Crippen LogP contribution in [0.3, 0.4) is 0 Å². The van der Waals surface area contributed by atoms with Crippen LogP contribution in [-0.2, 0) is 20.9 Å². The smallest absolute Gasteiger partial charge is 0.311 e. The van der Waals surface area contributed by atoms with Crippen molar-refractivity contribution < 1.29 is 19.2 Å². The summed E-state index contributed by atoms with van der Waals surface area (Å²) in [5.74, 6) is -1.09. The Morgan fingerprint density at radius 1 is 1.07 bits per heavy atom. The molecule has 1 amide bonds. The van der Waals surface area contributed by atoms with Crippen molar-refractivity contribution in [2.24, 2.45) is 5.92 Å². The van der Waals surface area contributed by atoms with Crippen LogP contribution in [0.2, 0.25) is 0 Å². The van der Waals surface area contributed by atoms with Crippen molar-refractivity contribution >= 4 is 34.0 Å². The highest BCUT2D eigenvalue weighted by Crippen LogP contribution is 2.29. The topological polar surface area (TPSA) is 89.7 Å². The fraction of sp³-hybridized carbons (Fsp3) is 0.182. The van der Waals surface area contributed by atoms with Crippen LogP contribution in [0.15, 0.2) is 66.7 Å². The molecule has 3 aromatic carbocycles. The molecule has 1 fully saturated rings. The molecule has 0 N–H and O–H groups in total. The monoisotopic (exact) mass is 390 g/mol. The van der Waals surface area contributed by atoms with E-state index in [1.165, 1.54) is 12.1 Å². The van der Waals surface area contributed by atoms with Gasteiger partial charge in [-0.05, 0) is 40.6 Å². The molecular weight excluding hydrogens is 372 g/mol. The number of esters is 1. The van der Waals surface area contributed by atoms with Crippen LogP contribution >= 0.6 is 0 Å². The predicted molar refractivity (Wildman–Crippen MR) is 107 cm³/mol. The molecule has 0 aliphatic carbocycles. The first-order chi connectivity index (χ1) is 14.0. The van der Waals surface area contributed by atoms with Crippen LogP contribution in [0, 0.1) is 16.0 Å². The lowest BCUT2D eigenvalue weighted by atomic mass is 10.1. The summed E-state index contributed by atoms with van der Waals surface area (Å²) in [5, 5.41) is 12.8. The van der Waals surface area contributed by atoms with Crippen molar-refractivity contribution in [1.82, 2.24) is 0 Å². The number of ether oxygens (including phenoxy) is 1. The summed E-state index contributed by atoms with van der Waals surface area (Å²) in [7, 11) is 0. The highest BCUT2D eigenvalue weighted by Gasteiger charge is 2.36. The van der Waals surface area contributed by atoms with Gasteiger partial charge in [-0.2, -0.15) is 0 Å². The predicted octanol–water partition coefficient (Wildman–Crippen LogP) is 3.84. The van der Waals surface area contributed by atoms with Gasteiger partial charge in [-0.25, -0.2) is 0 Å². The summed E-state index contributed by atoms with van der Waals surface area (Å²) < 4.78 is 5.33. The SMILES string of the molecule is O=C(OCc1ccc([N+](=O)[O-])cc1)[C@@H]1CC(=O)N(c2ccc3ccccc3c2)C1. The van der Waals surface area contributed by atoms with E-state index < -0.39 is 16.8 Å². The molecule has 7 heteroatoms. The highest BCUT2D eigenvalue weighted by molar-refractivity contribution is 6.01. The molecule has 0 radical (unpaired) electrons. The summed E-state index contributed by atoms with van der Waals surface area (Å²) in [6, 6.07) is 19.5. The standard InChI is InChI=1S/C22H18N2O5/c25-21-12-18(22(26)29-14-15-5-8-19(9-6-15)24(27)28)13-23(21)20-10-7-16-3-1-2-4-17(16)11-20/h1-11,18H,12-14H2/t18-/m1/s1. The zero-order valence-electron chi connectivity index (χ0n) is 15.5. The maximum absolute atomic E-state index is 12.5. The maximum atomic E-state index is 12.5. The minimum atomic E-state index is -0.535. The Labute approximate surface area is 166 Å². The summed E-state index contributed by atoms with van der Waals surface area (Å²) in [5.41, 5.74) is 1.39. The molecule has 1 atom stereocenters. The second-order valence-corrected chi connectivity index (χ2v) is 6.97. The van der Waals surface area contributed by atoms with E-state index in [9.17, 15) is 19.7 Å². The van der Waals surface area contributed by atoms with Crippen LogP contribution in [0.5, 0.6) is 0 Å². The molecule has 1 aliphatic rings. The molecule has 0 bridgehead atoms. The molecule has 0 unspecified atom stereocenters. The number of carbonyl (C=O) groups excluding carboxylic acids is 2. The van der Waals surface area contributed by atoms with Crippen molar-refractivity contribution in [1.29, 1.82) is 0 Å². The summed E-state index contributed by atoms with van der Waals surface area (Å²) >= 11 is 0. The van der Waals surface area contributed by atoms with Gasteiger partial charge < -0.3 is 9.64 Å². The number of benzene rings is 3. The molecule has 0 saturated carbocycles. The van der Waals surface area contributed by atoms with Gasteiger partial charge in [-0.1, -0.05) is 30.3 Å². The van der Waals surface area contributed by atoms with Gasteiger partial charge in [0.1, 0.15) is 6.61 Å². The molecule has 1 aliphatic heterocycles. The van der Waals surface area contributed by atoms with E-state index in [2.05, 4.69) is 0 Å². The van der Waals surface area contributed by atoms with Crippen molar-refractivity contribution in [2.75, 3.05) is 11.4 Å². The first-order valence-corrected chi connectivity index (χ1v) is 9.20. The summed E-state index contributed by atoms with van der Waals surface area (Å²) in [6.45, 7) is 0.285. The minimum absolute atomic E-state index is 0.0114. The van der Waals surface area contributed by atoms with E-state index in [0.717, 1.165) is 16.5 Å². The third kappa shape index (κ3) is 3.94. The molecule has 1 saturated heterocycles. The quantitative estimate of drug-likeness (QED) is 0.375. The average Bonchev–Trinajstić information content (AvgIpc) is 3.13. The second kappa shape index (κ2) is 7.71. The number of carbonyl (C=O) groups is 2. The molecule has 4 rings (SSSR count). The third-order valence-corrected chi connectivity index (χ3v) is 5.03. The van der Waals surface area contributed by atoms with E-state index >= 15 is 0 Å². The zero-order chi connectivity index (χ0) is 20.4. The van der Waals surface area contributed by atoms with E-state index in [1.54, 1.807) is 17.0 Å². The van der Waals surface area contributed by atoms with Crippen LogP contribution in [-0.4, -0.2) is 23.3 Å². The van der Waals surface area contributed by atoms with Crippen molar-refractivity contribution in [3.8, 4) is 0 Å². The Bertz CT molecular complexity index is 1090. The Kier molecular flexibility index (Phi) is 4.95. The second-order valence-electron chi connectivity index (χ2n) is 6.97. The van der Waals surface area contributed by atoms with Crippen molar-refractivity contribution in [2.45, 2.75) is 13.0 Å². The fourth-order valence-electron chi connectivity index (χ4n) is 3.45. The number of amides is 1. The lowest BCUT2D eigenvalue weighted by Gasteiger charge is -2.17. The van der Waals surface area contributed by atoms with Gasteiger partial charge in [0, 0.05) is 30.8 Å². The Morgan fingerprint density at radius 3 is 2.52 bits per heavy atom. The van der Waals surface area contributed by atoms with Gasteiger partial charge in [0.15, 0.2) is 0 Å². The average molecular weight is 390 g/mol. The van der Waals surface area contributed by atoms with Crippen LogP contribution in [0.4, 0.5) is 11.4 Å². The number of nitro groups is 1. The molecule has 146 valence electrons. The lowest BCUT2D eigenvalue weighted by molar-refractivity contribution is -0.384. The number of nitro benzene ring substituents is 1. The minimum Gasteiger partial charge on any atom is -0.461 e. The van der Waals surface area contributed by atoms with Crippen LogP contribution in [0.1, 0.15) is 12.0 Å². The Hall–Kier alpha value is -3.74. The van der Waals surface area contributed by atoms with Gasteiger partial charge in [0.25, 0.3) is 5.69 Å². The molecule has 29 heavy (non-hydrogen) atoms. The molecule has 0 spiro atoms. The number of rotatable bonds is 5. The summed E-state index contributed by atoms with van der Waals surface area (Å²) in [4.78, 5) is 36.7. The van der Waals surface area contributed by atoms with Crippen LogP contribution < -0.4 is 4.90 Å². The van der Waals surface area contributed by atoms with E-state index in [-0.39, 0.29) is 31.2 Å². The largest absolute Gasteiger partial charge is 0.461 e. The van der Waals surface area contributed by atoms with Gasteiger partial charge in [-0.15, -0.1) is 0 Å². The van der Waals surface area contributed by atoms with Gasteiger partial charge in [0.2, 0.25) is 5.91 Å². The number of non-ortho nitro benzene ring substituents is 1. The number of hydrogen-bond acceptors (Lipinski definition) is 5. The molecular formula is C22H18N2O5. The lowest BCUT2D eigenvalue weighted by Crippen LogP contribution is -2.26. The highest BCUT2D eigenvalue weighted by atomic mass is 16.6. The number of nitrogens with zero attached hydrogens (tertiary/aromatic N) is 2. The molecule has 7 nitrogen and oxygen atoms in total. The Morgan fingerprint density at radius 2 is 1.79 bits per heavy atom. The van der Waals surface area contributed by atoms with Crippen LogP contribution in [0.25, 0.3) is 10.8 Å². The number of hydrogen-bond donors (Lipinski definition) is 0. The first-order valence-electron chi connectivity index (χ1n) is 9.20.